The molecule has 0 amide bonds. The number of ether oxygens (including phenoxy) is 6. The van der Waals surface area contributed by atoms with Gasteiger partial charge < -0.3 is 33.5 Å². The van der Waals surface area contributed by atoms with Gasteiger partial charge >= 0.3 is 24.4 Å². The molecule has 0 aliphatic carbocycles. The maximum absolute atomic E-state index is 12.4. The SMILES string of the molecule is CCC(C)N[C@@](Cc1ccc(OC(=O)OC(C)(C)C)c(OC(=O)OC(C)(C)C)c1)(OC(=O)OC)C(=O)O. The Morgan fingerprint density at radius 2 is 1.38 bits per heavy atom. The van der Waals surface area contributed by atoms with Gasteiger partial charge in [0.2, 0.25) is 0 Å². The summed E-state index contributed by atoms with van der Waals surface area (Å²) in [5, 5.41) is 12.8. The molecule has 1 aromatic carbocycles. The highest BCUT2D eigenvalue weighted by atomic mass is 16.8. The summed E-state index contributed by atoms with van der Waals surface area (Å²) in [5.41, 5.74) is -3.71. The standard InChI is InChI=1S/C25H37NO11/c1-10-15(2)26-25(19(27)28,37-20(29)32-9)14-16-11-12-17(33-21(30)35-23(3,4)5)18(13-16)34-22(31)36-24(6,7)8/h11-13,15,26H,10,14H2,1-9H3,(H,27,28)/t15?,25-/m0/s1. The van der Waals surface area contributed by atoms with Gasteiger partial charge in [0.1, 0.15) is 11.2 Å². The molecule has 0 aromatic heterocycles. The second kappa shape index (κ2) is 12.6. The van der Waals surface area contributed by atoms with Gasteiger partial charge in [-0.05, 0) is 72.6 Å². The molecule has 0 saturated heterocycles. The van der Waals surface area contributed by atoms with Crippen molar-refractivity contribution >= 4 is 24.4 Å². The first-order chi connectivity index (χ1) is 16.9. The van der Waals surface area contributed by atoms with Crippen LogP contribution in [0.2, 0.25) is 0 Å². The molecule has 12 heteroatoms. The second-order valence-electron chi connectivity index (χ2n) is 10.2. The molecule has 0 radical (unpaired) electrons. The van der Waals surface area contributed by atoms with E-state index in [-0.39, 0.29) is 23.1 Å². The number of nitrogens with one attached hydrogen (secondary N) is 1. The van der Waals surface area contributed by atoms with Crippen molar-refractivity contribution in [3.8, 4) is 11.5 Å². The summed E-state index contributed by atoms with van der Waals surface area (Å²) >= 11 is 0. The summed E-state index contributed by atoms with van der Waals surface area (Å²) in [6, 6.07) is 3.60. The predicted molar refractivity (Wildman–Crippen MR) is 131 cm³/mol. The molecule has 0 spiro atoms. The van der Waals surface area contributed by atoms with Gasteiger partial charge in [0.25, 0.3) is 5.72 Å². The van der Waals surface area contributed by atoms with E-state index in [4.69, 9.17) is 23.7 Å². The third-order valence-corrected chi connectivity index (χ3v) is 4.49. The molecule has 208 valence electrons. The molecule has 2 atom stereocenters. The third kappa shape index (κ3) is 10.9. The van der Waals surface area contributed by atoms with Crippen molar-refractivity contribution < 1.29 is 52.7 Å². The lowest BCUT2D eigenvalue weighted by Gasteiger charge is -2.32. The van der Waals surface area contributed by atoms with Crippen LogP contribution in [-0.4, -0.2) is 59.6 Å². The maximum atomic E-state index is 12.4. The molecule has 0 fully saturated rings. The van der Waals surface area contributed by atoms with E-state index in [0.717, 1.165) is 7.11 Å². The highest BCUT2D eigenvalue weighted by molar-refractivity contribution is 5.80. The topological polar surface area (TPSA) is 156 Å². The van der Waals surface area contributed by atoms with Crippen molar-refractivity contribution in [2.75, 3.05) is 7.11 Å². The van der Waals surface area contributed by atoms with E-state index in [1.54, 1.807) is 48.5 Å². The van der Waals surface area contributed by atoms with Gasteiger partial charge in [0.15, 0.2) is 11.5 Å². The molecule has 1 unspecified atom stereocenters. The van der Waals surface area contributed by atoms with Crippen LogP contribution in [-0.2, 0) is 30.2 Å². The Balaban J connectivity index is 3.47. The quantitative estimate of drug-likeness (QED) is 0.196. The molecular weight excluding hydrogens is 490 g/mol. The number of benzene rings is 1. The number of carboxylic acid groups (broad SMARTS) is 1. The van der Waals surface area contributed by atoms with Crippen molar-refractivity contribution in [1.29, 1.82) is 0 Å². The van der Waals surface area contributed by atoms with Crippen LogP contribution >= 0.6 is 0 Å². The van der Waals surface area contributed by atoms with Crippen LogP contribution in [0.15, 0.2) is 18.2 Å². The summed E-state index contributed by atoms with van der Waals surface area (Å²) in [7, 11) is 1.05. The van der Waals surface area contributed by atoms with E-state index >= 15 is 0 Å². The van der Waals surface area contributed by atoms with Gasteiger partial charge in [-0.15, -0.1) is 0 Å². The van der Waals surface area contributed by atoms with Crippen LogP contribution < -0.4 is 14.8 Å². The minimum atomic E-state index is -2.22. The normalized spacial score (nSPS) is 14.0. The van der Waals surface area contributed by atoms with Crippen LogP contribution in [0.5, 0.6) is 11.5 Å². The van der Waals surface area contributed by atoms with Crippen molar-refractivity contribution in [3.05, 3.63) is 23.8 Å². The summed E-state index contributed by atoms with van der Waals surface area (Å²) in [6.45, 7) is 13.4. The fraction of sp³-hybridized carbons (Fsp3) is 0.600. The Labute approximate surface area is 216 Å². The Bertz CT molecular complexity index is 978. The molecule has 0 saturated carbocycles. The number of methoxy groups -OCH3 is 1. The second-order valence-corrected chi connectivity index (χ2v) is 10.2. The molecule has 0 heterocycles. The Kier molecular flexibility index (Phi) is 10.7. The minimum Gasteiger partial charge on any atom is -0.477 e. The molecule has 37 heavy (non-hydrogen) atoms. The van der Waals surface area contributed by atoms with Crippen LogP contribution in [0.4, 0.5) is 14.4 Å². The van der Waals surface area contributed by atoms with Crippen molar-refractivity contribution in [2.24, 2.45) is 0 Å². The summed E-state index contributed by atoms with van der Waals surface area (Å²) in [4.78, 5) is 48.8. The third-order valence-electron chi connectivity index (χ3n) is 4.49. The number of aliphatic carboxylic acids is 1. The molecule has 12 nitrogen and oxygen atoms in total. The van der Waals surface area contributed by atoms with Crippen molar-refractivity contribution in [2.45, 2.75) is 91.2 Å². The lowest BCUT2D eigenvalue weighted by molar-refractivity contribution is -0.166. The van der Waals surface area contributed by atoms with Crippen LogP contribution in [0.3, 0.4) is 0 Å². The van der Waals surface area contributed by atoms with E-state index in [0.29, 0.717) is 6.42 Å². The molecule has 0 aliphatic heterocycles. The molecule has 0 aliphatic rings. The molecule has 0 bridgehead atoms. The lowest BCUT2D eigenvalue weighted by atomic mass is 10.00. The van der Waals surface area contributed by atoms with Gasteiger partial charge in [-0.2, -0.15) is 0 Å². The fourth-order valence-corrected chi connectivity index (χ4v) is 2.82. The number of carbonyl (C=O) groups excluding carboxylic acids is 3. The van der Waals surface area contributed by atoms with Gasteiger partial charge in [0, 0.05) is 12.5 Å². The average molecular weight is 528 g/mol. The largest absolute Gasteiger partial charge is 0.514 e. The highest BCUT2D eigenvalue weighted by Gasteiger charge is 2.44. The van der Waals surface area contributed by atoms with E-state index < -0.39 is 47.8 Å². The Hall–Kier alpha value is -3.54. The van der Waals surface area contributed by atoms with Crippen molar-refractivity contribution in [1.82, 2.24) is 5.32 Å². The molecule has 1 rings (SSSR count). The van der Waals surface area contributed by atoms with Crippen LogP contribution in [0, 0.1) is 0 Å². The van der Waals surface area contributed by atoms with Gasteiger partial charge in [-0.25, -0.2) is 19.2 Å². The highest BCUT2D eigenvalue weighted by Crippen LogP contribution is 2.32. The molecule has 2 N–H and O–H groups in total. The average Bonchev–Trinajstić information content (AvgIpc) is 2.72. The minimum absolute atomic E-state index is 0.187. The lowest BCUT2D eigenvalue weighted by Crippen LogP contribution is -2.59. The number of hydrogen-bond acceptors (Lipinski definition) is 11. The zero-order chi connectivity index (χ0) is 28.6. The van der Waals surface area contributed by atoms with Gasteiger partial charge in [-0.1, -0.05) is 13.0 Å². The monoisotopic (exact) mass is 527 g/mol. The first-order valence-corrected chi connectivity index (χ1v) is 11.6. The number of rotatable bonds is 9. The molecular formula is C25H37NO11. The van der Waals surface area contributed by atoms with Crippen molar-refractivity contribution in [3.63, 3.8) is 0 Å². The number of carbonyl (C=O) groups is 4. The predicted octanol–water partition coefficient (Wildman–Crippen LogP) is 4.81. The van der Waals surface area contributed by atoms with Crippen LogP contribution in [0.25, 0.3) is 0 Å². The van der Waals surface area contributed by atoms with E-state index in [2.05, 4.69) is 10.1 Å². The van der Waals surface area contributed by atoms with Crippen LogP contribution in [0.1, 0.15) is 67.4 Å². The van der Waals surface area contributed by atoms with E-state index in [9.17, 15) is 24.3 Å². The van der Waals surface area contributed by atoms with Gasteiger partial charge in [0.05, 0.1) is 7.11 Å². The summed E-state index contributed by atoms with van der Waals surface area (Å²) in [5.74, 6) is -1.92. The number of carboxylic acids is 1. The number of hydrogen-bond donors (Lipinski definition) is 2. The van der Waals surface area contributed by atoms with E-state index in [1.165, 1.54) is 18.2 Å². The Morgan fingerprint density at radius 3 is 1.81 bits per heavy atom. The Morgan fingerprint density at radius 1 is 0.865 bits per heavy atom. The molecule has 1 aromatic rings. The zero-order valence-corrected chi connectivity index (χ0v) is 22.8. The van der Waals surface area contributed by atoms with Gasteiger partial charge in [-0.3, -0.25) is 5.32 Å². The summed E-state index contributed by atoms with van der Waals surface area (Å²) < 4.78 is 30.5. The summed E-state index contributed by atoms with van der Waals surface area (Å²) in [6.07, 6.45) is -3.24. The fourth-order valence-electron chi connectivity index (χ4n) is 2.82. The smallest absolute Gasteiger partial charge is 0.477 e. The first kappa shape index (κ1) is 31.5. The first-order valence-electron chi connectivity index (χ1n) is 11.6. The zero-order valence-electron chi connectivity index (χ0n) is 22.8. The van der Waals surface area contributed by atoms with E-state index in [1.807, 2.05) is 6.92 Å². The maximum Gasteiger partial charge on any atom is 0.514 e.